The van der Waals surface area contributed by atoms with Crippen molar-refractivity contribution in [3.8, 4) is 0 Å². The van der Waals surface area contributed by atoms with Gasteiger partial charge in [-0.25, -0.2) is 4.79 Å². The van der Waals surface area contributed by atoms with Crippen LogP contribution in [-0.4, -0.2) is 22.5 Å². The highest BCUT2D eigenvalue weighted by Crippen LogP contribution is 2.23. The van der Waals surface area contributed by atoms with Crippen LogP contribution in [0, 0.1) is 0 Å². The lowest BCUT2D eigenvalue weighted by molar-refractivity contribution is -0.132. The average Bonchev–Trinajstić information content (AvgIpc) is 2.46. The lowest BCUT2D eigenvalue weighted by Gasteiger charge is -2.24. The van der Waals surface area contributed by atoms with Crippen LogP contribution < -0.4 is 5.73 Å². The highest BCUT2D eigenvalue weighted by molar-refractivity contribution is 6.35. The summed E-state index contributed by atoms with van der Waals surface area (Å²) in [7, 11) is 0. The summed E-state index contributed by atoms with van der Waals surface area (Å²) in [5.41, 5.74) is 6.84. The summed E-state index contributed by atoms with van der Waals surface area (Å²) in [6.45, 7) is 0.561. The Bertz CT molecular complexity index is 651. The van der Waals surface area contributed by atoms with E-state index in [2.05, 4.69) is 0 Å². The van der Waals surface area contributed by atoms with Gasteiger partial charge in [-0.2, -0.15) is 0 Å². The van der Waals surface area contributed by atoms with Gasteiger partial charge >= 0.3 is 5.97 Å². The van der Waals surface area contributed by atoms with Crippen molar-refractivity contribution in [3.05, 3.63) is 69.6 Å². The number of benzene rings is 1. The van der Waals surface area contributed by atoms with Crippen LogP contribution in [0.15, 0.2) is 54.0 Å². The van der Waals surface area contributed by atoms with Gasteiger partial charge in [0.25, 0.3) is 0 Å². The molecular formula is C15H14Cl2N2O2. The Morgan fingerprint density at radius 1 is 1.29 bits per heavy atom. The van der Waals surface area contributed by atoms with E-state index in [1.807, 2.05) is 12.1 Å². The molecule has 0 amide bonds. The standard InChI is InChI=1S/C15H14Cl2N2O2/c16-11-5-4-10(12(17)9-11)6-8-19-7-2-1-3-13(19)14(18)15(20)21/h1-5,7,9H,6,8,18H2,(H,20,21)/b14-13-. The van der Waals surface area contributed by atoms with Gasteiger partial charge in [-0.05, 0) is 36.3 Å². The first kappa shape index (κ1) is 15.5. The van der Waals surface area contributed by atoms with Crippen molar-refractivity contribution in [1.82, 2.24) is 4.90 Å². The van der Waals surface area contributed by atoms with Crippen LogP contribution in [0.4, 0.5) is 0 Å². The second-order valence-corrected chi connectivity index (χ2v) is 5.33. The molecule has 1 heterocycles. The normalized spacial score (nSPS) is 16.2. The fraction of sp³-hybridized carbons (Fsp3) is 0.133. The summed E-state index contributed by atoms with van der Waals surface area (Å²) in [4.78, 5) is 12.8. The molecule has 0 saturated heterocycles. The van der Waals surface area contributed by atoms with E-state index in [-0.39, 0.29) is 5.70 Å². The summed E-state index contributed by atoms with van der Waals surface area (Å²) in [6.07, 6.45) is 7.67. The number of nitrogens with two attached hydrogens (primary N) is 1. The zero-order valence-electron chi connectivity index (χ0n) is 11.1. The van der Waals surface area contributed by atoms with Crippen LogP contribution >= 0.6 is 23.2 Å². The number of carbonyl (C=O) groups is 1. The molecule has 4 nitrogen and oxygen atoms in total. The second kappa shape index (κ2) is 6.70. The van der Waals surface area contributed by atoms with Crippen LogP contribution in [0.25, 0.3) is 0 Å². The third kappa shape index (κ3) is 3.80. The summed E-state index contributed by atoms with van der Waals surface area (Å²) < 4.78 is 0. The third-order valence-corrected chi connectivity index (χ3v) is 3.67. The number of rotatable bonds is 4. The molecule has 1 aliphatic rings. The van der Waals surface area contributed by atoms with Gasteiger partial charge in [0.1, 0.15) is 5.70 Å². The quantitative estimate of drug-likeness (QED) is 0.835. The highest BCUT2D eigenvalue weighted by Gasteiger charge is 2.15. The van der Waals surface area contributed by atoms with Gasteiger partial charge in [0.05, 0.1) is 5.70 Å². The summed E-state index contributed by atoms with van der Waals surface area (Å²) in [5.74, 6) is -1.14. The summed E-state index contributed by atoms with van der Waals surface area (Å²) >= 11 is 12.0. The first-order valence-electron chi connectivity index (χ1n) is 6.27. The number of allylic oxidation sites excluding steroid dienone is 3. The van der Waals surface area contributed by atoms with Crippen LogP contribution in [0.3, 0.4) is 0 Å². The minimum atomic E-state index is -1.14. The molecule has 3 N–H and O–H groups in total. The predicted octanol–water partition coefficient (Wildman–Crippen LogP) is 3.18. The Morgan fingerprint density at radius 3 is 2.71 bits per heavy atom. The predicted molar refractivity (Wildman–Crippen MR) is 84.0 cm³/mol. The van der Waals surface area contributed by atoms with Crippen LogP contribution in [0.2, 0.25) is 10.0 Å². The Balaban J connectivity index is 2.14. The fourth-order valence-corrected chi connectivity index (χ4v) is 2.49. The number of carboxylic acids is 1. The number of hydrogen-bond donors (Lipinski definition) is 2. The van der Waals surface area contributed by atoms with Crippen molar-refractivity contribution in [3.63, 3.8) is 0 Å². The number of carboxylic acid groups (broad SMARTS) is 1. The molecule has 2 rings (SSSR count). The molecule has 1 aromatic rings. The Kier molecular flexibility index (Phi) is 4.94. The maximum Gasteiger partial charge on any atom is 0.353 e. The first-order chi connectivity index (χ1) is 9.99. The van der Waals surface area contributed by atoms with E-state index in [0.29, 0.717) is 28.7 Å². The van der Waals surface area contributed by atoms with Gasteiger partial charge < -0.3 is 15.7 Å². The van der Waals surface area contributed by atoms with Gasteiger partial charge in [0.15, 0.2) is 0 Å². The highest BCUT2D eigenvalue weighted by atomic mass is 35.5. The molecule has 110 valence electrons. The van der Waals surface area contributed by atoms with Crippen LogP contribution in [0.5, 0.6) is 0 Å². The topological polar surface area (TPSA) is 66.6 Å². The molecule has 0 atom stereocenters. The van der Waals surface area contributed by atoms with Crippen LogP contribution in [-0.2, 0) is 11.2 Å². The van der Waals surface area contributed by atoms with Gasteiger partial charge in [0, 0.05) is 22.8 Å². The molecule has 1 aliphatic heterocycles. The van der Waals surface area contributed by atoms with E-state index in [9.17, 15) is 4.79 Å². The van der Waals surface area contributed by atoms with Gasteiger partial charge in [-0.1, -0.05) is 35.3 Å². The minimum Gasteiger partial charge on any atom is -0.477 e. The second-order valence-electron chi connectivity index (χ2n) is 4.48. The van der Waals surface area contributed by atoms with Gasteiger partial charge in [-0.15, -0.1) is 0 Å². The molecule has 1 aromatic carbocycles. The molecular weight excluding hydrogens is 311 g/mol. The zero-order valence-corrected chi connectivity index (χ0v) is 12.6. The summed E-state index contributed by atoms with van der Waals surface area (Å²) in [5, 5.41) is 10.2. The molecule has 0 aromatic heterocycles. The molecule has 0 aliphatic carbocycles. The largest absolute Gasteiger partial charge is 0.477 e. The lowest BCUT2D eigenvalue weighted by atomic mass is 10.1. The van der Waals surface area contributed by atoms with E-state index in [4.69, 9.17) is 34.0 Å². The summed E-state index contributed by atoms with van der Waals surface area (Å²) in [6, 6.07) is 5.32. The van der Waals surface area contributed by atoms with Crippen LogP contribution in [0.1, 0.15) is 5.56 Å². The van der Waals surface area contributed by atoms with E-state index in [0.717, 1.165) is 5.56 Å². The molecule has 0 radical (unpaired) electrons. The van der Waals surface area contributed by atoms with E-state index < -0.39 is 5.97 Å². The van der Waals surface area contributed by atoms with Crippen molar-refractivity contribution in [2.45, 2.75) is 6.42 Å². The maximum absolute atomic E-state index is 11.0. The Hall–Kier alpha value is -1.91. The number of hydrogen-bond acceptors (Lipinski definition) is 3. The van der Waals surface area contributed by atoms with Crippen molar-refractivity contribution >= 4 is 29.2 Å². The SMILES string of the molecule is N/C(C(=O)O)=C1/C=CC=CN1CCc1ccc(Cl)cc1Cl. The molecule has 0 spiro atoms. The monoisotopic (exact) mass is 324 g/mol. The Labute approximate surface area is 132 Å². The van der Waals surface area contributed by atoms with Crippen molar-refractivity contribution in [2.24, 2.45) is 5.73 Å². The average molecular weight is 325 g/mol. The van der Waals surface area contributed by atoms with Crippen molar-refractivity contribution in [1.29, 1.82) is 0 Å². The van der Waals surface area contributed by atoms with Crippen molar-refractivity contribution < 1.29 is 9.90 Å². The zero-order chi connectivity index (χ0) is 15.4. The molecule has 0 bridgehead atoms. The number of nitrogens with zero attached hydrogens (tertiary/aromatic N) is 1. The van der Waals surface area contributed by atoms with Gasteiger partial charge in [-0.3, -0.25) is 0 Å². The molecule has 0 unspecified atom stereocenters. The maximum atomic E-state index is 11.0. The Morgan fingerprint density at radius 2 is 2.05 bits per heavy atom. The molecule has 21 heavy (non-hydrogen) atoms. The minimum absolute atomic E-state index is 0.183. The number of aliphatic carboxylic acids is 1. The van der Waals surface area contributed by atoms with E-state index in [1.165, 1.54) is 0 Å². The van der Waals surface area contributed by atoms with E-state index >= 15 is 0 Å². The molecule has 0 fully saturated rings. The van der Waals surface area contributed by atoms with Gasteiger partial charge in [0.2, 0.25) is 0 Å². The molecule has 0 saturated carbocycles. The lowest BCUT2D eigenvalue weighted by Crippen LogP contribution is -2.26. The van der Waals surface area contributed by atoms with Crippen molar-refractivity contribution in [2.75, 3.05) is 6.54 Å². The number of halogens is 2. The van der Waals surface area contributed by atoms with E-state index in [1.54, 1.807) is 35.4 Å². The third-order valence-electron chi connectivity index (χ3n) is 3.08. The molecule has 6 heteroatoms. The smallest absolute Gasteiger partial charge is 0.353 e. The first-order valence-corrected chi connectivity index (χ1v) is 7.03. The fourth-order valence-electron chi connectivity index (χ4n) is 1.99.